The number of anilines is 3. The van der Waals surface area contributed by atoms with E-state index in [-0.39, 0.29) is 0 Å². The molecule has 0 aliphatic carbocycles. The molecule has 1 aromatic carbocycles. The molecule has 2 aromatic rings. The first-order valence-electron chi connectivity index (χ1n) is 7.34. The van der Waals surface area contributed by atoms with Crippen LogP contribution >= 0.6 is 15.9 Å². The summed E-state index contributed by atoms with van der Waals surface area (Å²) < 4.78 is 1.06. The zero-order valence-corrected chi connectivity index (χ0v) is 13.7. The molecule has 0 unspecified atom stereocenters. The summed E-state index contributed by atoms with van der Waals surface area (Å²) >= 11 is 3.44. The Morgan fingerprint density at radius 1 is 1.05 bits per heavy atom. The maximum atomic E-state index is 4.67. The fraction of sp³-hybridized carbons (Fsp3) is 0.375. The Kier molecular flexibility index (Phi) is 4.39. The summed E-state index contributed by atoms with van der Waals surface area (Å²) in [6.07, 6.45) is 3.82. The van der Waals surface area contributed by atoms with E-state index in [0.29, 0.717) is 5.95 Å². The molecule has 0 amide bonds. The van der Waals surface area contributed by atoms with Gasteiger partial charge in [0, 0.05) is 35.0 Å². The van der Waals surface area contributed by atoms with Gasteiger partial charge in [0.05, 0.1) is 0 Å². The molecule has 1 N–H and O–H groups in total. The van der Waals surface area contributed by atoms with Gasteiger partial charge in [-0.3, -0.25) is 0 Å². The lowest BCUT2D eigenvalue weighted by Crippen LogP contribution is -2.30. The van der Waals surface area contributed by atoms with Crippen LogP contribution < -0.4 is 10.2 Å². The minimum atomic E-state index is 0.665. The van der Waals surface area contributed by atoms with Crippen LogP contribution in [0.5, 0.6) is 0 Å². The zero-order chi connectivity index (χ0) is 14.7. The summed E-state index contributed by atoms with van der Waals surface area (Å²) in [5, 5.41) is 3.28. The van der Waals surface area contributed by atoms with E-state index in [9.17, 15) is 0 Å². The quantitative estimate of drug-likeness (QED) is 0.900. The van der Waals surface area contributed by atoms with Gasteiger partial charge in [0.2, 0.25) is 5.95 Å². The van der Waals surface area contributed by atoms with Gasteiger partial charge >= 0.3 is 0 Å². The second kappa shape index (κ2) is 6.43. The molecular formula is C16H19BrN4. The second-order valence-corrected chi connectivity index (χ2v) is 6.29. The van der Waals surface area contributed by atoms with Gasteiger partial charge in [-0.2, -0.15) is 4.98 Å². The van der Waals surface area contributed by atoms with Gasteiger partial charge < -0.3 is 10.2 Å². The van der Waals surface area contributed by atoms with Crippen LogP contribution in [0.25, 0.3) is 0 Å². The molecule has 110 valence electrons. The second-order valence-electron chi connectivity index (χ2n) is 5.37. The van der Waals surface area contributed by atoms with Crippen molar-refractivity contribution in [3.8, 4) is 0 Å². The molecular weight excluding hydrogens is 328 g/mol. The van der Waals surface area contributed by atoms with E-state index >= 15 is 0 Å². The number of hydrogen-bond donors (Lipinski definition) is 1. The summed E-state index contributed by atoms with van der Waals surface area (Å²) in [6.45, 7) is 4.20. The third-order valence-corrected chi connectivity index (χ3v) is 4.15. The molecule has 1 fully saturated rings. The fourth-order valence-electron chi connectivity index (χ4n) is 2.56. The maximum Gasteiger partial charge on any atom is 0.229 e. The molecule has 1 aliphatic rings. The highest BCUT2D eigenvalue weighted by molar-refractivity contribution is 9.10. The van der Waals surface area contributed by atoms with Gasteiger partial charge in [-0.25, -0.2) is 4.98 Å². The molecule has 5 heteroatoms. The number of piperidine rings is 1. The van der Waals surface area contributed by atoms with Crippen LogP contribution in [-0.4, -0.2) is 23.1 Å². The van der Waals surface area contributed by atoms with E-state index in [0.717, 1.165) is 34.8 Å². The van der Waals surface area contributed by atoms with Crippen molar-refractivity contribution in [1.82, 2.24) is 9.97 Å². The molecule has 2 heterocycles. The fourth-order valence-corrected chi connectivity index (χ4v) is 2.82. The SMILES string of the molecule is Cc1cc(N2CCCCC2)nc(Nc2ccc(Br)cc2)n1. The summed E-state index contributed by atoms with van der Waals surface area (Å²) in [7, 11) is 0. The Morgan fingerprint density at radius 3 is 2.48 bits per heavy atom. The third kappa shape index (κ3) is 3.73. The molecule has 21 heavy (non-hydrogen) atoms. The molecule has 0 spiro atoms. The van der Waals surface area contributed by atoms with Crippen molar-refractivity contribution in [1.29, 1.82) is 0 Å². The van der Waals surface area contributed by atoms with Gasteiger partial charge in [0.1, 0.15) is 5.82 Å². The summed E-state index contributed by atoms with van der Waals surface area (Å²) in [6, 6.07) is 10.1. The van der Waals surface area contributed by atoms with Gasteiger partial charge in [-0.1, -0.05) is 15.9 Å². The molecule has 1 saturated heterocycles. The van der Waals surface area contributed by atoms with E-state index in [1.165, 1.54) is 19.3 Å². The van der Waals surface area contributed by atoms with E-state index in [4.69, 9.17) is 0 Å². The molecule has 0 bridgehead atoms. The van der Waals surface area contributed by atoms with Crippen LogP contribution in [0.1, 0.15) is 25.0 Å². The first-order chi connectivity index (χ1) is 10.2. The van der Waals surface area contributed by atoms with Crippen molar-refractivity contribution in [3.63, 3.8) is 0 Å². The molecule has 1 aromatic heterocycles. The molecule has 0 radical (unpaired) electrons. The Balaban J connectivity index is 1.81. The lowest BCUT2D eigenvalue weighted by molar-refractivity contribution is 0.573. The van der Waals surface area contributed by atoms with Crippen LogP contribution in [0.15, 0.2) is 34.8 Å². The van der Waals surface area contributed by atoms with Crippen molar-refractivity contribution in [3.05, 3.63) is 40.5 Å². The smallest absolute Gasteiger partial charge is 0.229 e. The van der Waals surface area contributed by atoms with Crippen molar-refractivity contribution in [2.24, 2.45) is 0 Å². The number of nitrogens with one attached hydrogen (secondary N) is 1. The first kappa shape index (κ1) is 14.3. The van der Waals surface area contributed by atoms with E-state index < -0.39 is 0 Å². The maximum absolute atomic E-state index is 4.67. The number of rotatable bonds is 3. The molecule has 3 rings (SSSR count). The third-order valence-electron chi connectivity index (χ3n) is 3.62. The minimum absolute atomic E-state index is 0.665. The Labute approximate surface area is 133 Å². The van der Waals surface area contributed by atoms with Crippen molar-refractivity contribution < 1.29 is 0 Å². The largest absolute Gasteiger partial charge is 0.356 e. The number of nitrogens with zero attached hydrogens (tertiary/aromatic N) is 3. The molecule has 0 saturated carbocycles. The highest BCUT2D eigenvalue weighted by Crippen LogP contribution is 2.22. The van der Waals surface area contributed by atoms with Crippen LogP contribution in [0.2, 0.25) is 0 Å². The van der Waals surface area contributed by atoms with Crippen molar-refractivity contribution >= 4 is 33.4 Å². The highest BCUT2D eigenvalue weighted by atomic mass is 79.9. The monoisotopic (exact) mass is 346 g/mol. The van der Waals surface area contributed by atoms with Crippen LogP contribution in [-0.2, 0) is 0 Å². The number of halogens is 1. The number of hydrogen-bond acceptors (Lipinski definition) is 4. The van der Waals surface area contributed by atoms with E-state index in [1.807, 2.05) is 31.2 Å². The molecule has 1 aliphatic heterocycles. The minimum Gasteiger partial charge on any atom is -0.356 e. The topological polar surface area (TPSA) is 41.1 Å². The highest BCUT2D eigenvalue weighted by Gasteiger charge is 2.13. The van der Waals surface area contributed by atoms with Crippen molar-refractivity contribution in [2.45, 2.75) is 26.2 Å². The normalized spacial score (nSPS) is 15.0. The lowest BCUT2D eigenvalue weighted by atomic mass is 10.1. The van der Waals surface area contributed by atoms with Crippen LogP contribution in [0.4, 0.5) is 17.5 Å². The van der Waals surface area contributed by atoms with Gasteiger partial charge in [-0.15, -0.1) is 0 Å². The number of aromatic nitrogens is 2. The average Bonchev–Trinajstić information content (AvgIpc) is 2.50. The Bertz CT molecular complexity index is 606. The predicted octanol–water partition coefficient (Wildman–Crippen LogP) is 4.28. The lowest BCUT2D eigenvalue weighted by Gasteiger charge is -2.28. The summed E-state index contributed by atoms with van der Waals surface area (Å²) in [5.74, 6) is 1.69. The first-order valence-corrected chi connectivity index (χ1v) is 8.13. The van der Waals surface area contributed by atoms with Crippen LogP contribution in [0, 0.1) is 6.92 Å². The standard InChI is InChI=1S/C16H19BrN4/c1-12-11-15(21-9-3-2-4-10-21)20-16(18-12)19-14-7-5-13(17)6-8-14/h5-8,11H,2-4,9-10H2,1H3,(H,18,19,20). The van der Waals surface area contributed by atoms with E-state index in [2.05, 4.69) is 42.2 Å². The van der Waals surface area contributed by atoms with Gasteiger partial charge in [-0.05, 0) is 50.5 Å². The van der Waals surface area contributed by atoms with Crippen LogP contribution in [0.3, 0.4) is 0 Å². The number of aryl methyl sites for hydroxylation is 1. The van der Waals surface area contributed by atoms with Gasteiger partial charge in [0.25, 0.3) is 0 Å². The number of benzene rings is 1. The molecule has 0 atom stereocenters. The average molecular weight is 347 g/mol. The van der Waals surface area contributed by atoms with Gasteiger partial charge in [0.15, 0.2) is 0 Å². The summed E-state index contributed by atoms with van der Waals surface area (Å²) in [5.41, 5.74) is 1.98. The Morgan fingerprint density at radius 2 is 1.76 bits per heavy atom. The predicted molar refractivity (Wildman–Crippen MR) is 90.3 cm³/mol. The Hall–Kier alpha value is -1.62. The van der Waals surface area contributed by atoms with Crippen molar-refractivity contribution in [2.75, 3.05) is 23.3 Å². The zero-order valence-electron chi connectivity index (χ0n) is 12.1. The van der Waals surface area contributed by atoms with E-state index in [1.54, 1.807) is 0 Å². The summed E-state index contributed by atoms with van der Waals surface area (Å²) in [4.78, 5) is 11.5. The molecule has 4 nitrogen and oxygen atoms in total.